The first-order chi connectivity index (χ1) is 12.9. The molecule has 3 aromatic rings. The first-order valence-corrected chi connectivity index (χ1v) is 8.38. The third-order valence-electron chi connectivity index (χ3n) is 3.97. The Labute approximate surface area is 158 Å². The van der Waals surface area contributed by atoms with Crippen LogP contribution in [0.1, 0.15) is 10.4 Å². The van der Waals surface area contributed by atoms with Crippen LogP contribution in [-0.4, -0.2) is 22.6 Å². The number of benzene rings is 2. The van der Waals surface area contributed by atoms with E-state index in [0.717, 1.165) is 0 Å². The second kappa shape index (κ2) is 7.55. The smallest absolute Gasteiger partial charge is 0.262 e. The van der Waals surface area contributed by atoms with Gasteiger partial charge in [-0.2, -0.15) is 0 Å². The normalized spacial score (nSPS) is 10.6. The van der Waals surface area contributed by atoms with Crippen LogP contribution in [0.5, 0.6) is 5.75 Å². The molecule has 0 saturated carbocycles. The zero-order chi connectivity index (χ0) is 19.6. The van der Waals surface area contributed by atoms with Gasteiger partial charge in [0.1, 0.15) is 11.6 Å². The lowest BCUT2D eigenvalue weighted by Gasteiger charge is -2.11. The van der Waals surface area contributed by atoms with Gasteiger partial charge in [0.2, 0.25) is 0 Å². The molecule has 0 saturated heterocycles. The summed E-state index contributed by atoms with van der Waals surface area (Å²) in [7, 11) is 1.38. The Balaban J connectivity index is 1.99. The van der Waals surface area contributed by atoms with E-state index in [2.05, 4.69) is 16.9 Å². The van der Waals surface area contributed by atoms with E-state index in [9.17, 15) is 14.0 Å². The van der Waals surface area contributed by atoms with Crippen molar-refractivity contribution in [2.45, 2.75) is 6.54 Å². The van der Waals surface area contributed by atoms with Gasteiger partial charge in [0, 0.05) is 18.2 Å². The molecular formula is C19H16FN3O3S. The molecule has 0 fully saturated rings. The fourth-order valence-corrected chi connectivity index (χ4v) is 2.92. The maximum atomic E-state index is 13.3. The number of H-pyrrole nitrogens is 1. The molecule has 0 aliphatic rings. The molecule has 1 aromatic heterocycles. The Morgan fingerprint density at radius 1 is 1.37 bits per heavy atom. The molecule has 138 valence electrons. The SMILES string of the molecule is C=CCn1c(=S)[nH]c2cc(C(=O)Nc3ccc(F)cc3OC)ccc2c1=O. The van der Waals surface area contributed by atoms with E-state index in [1.807, 2.05) is 0 Å². The molecule has 0 atom stereocenters. The molecular weight excluding hydrogens is 369 g/mol. The third kappa shape index (κ3) is 3.65. The number of carbonyl (C=O) groups is 1. The highest BCUT2D eigenvalue weighted by atomic mass is 32.1. The molecule has 1 heterocycles. The Bertz CT molecular complexity index is 1170. The van der Waals surface area contributed by atoms with Crippen molar-refractivity contribution in [1.29, 1.82) is 0 Å². The van der Waals surface area contributed by atoms with Crippen LogP contribution in [0.2, 0.25) is 0 Å². The molecule has 0 spiro atoms. The van der Waals surface area contributed by atoms with Crippen molar-refractivity contribution in [3.63, 3.8) is 0 Å². The quantitative estimate of drug-likeness (QED) is 0.519. The summed E-state index contributed by atoms with van der Waals surface area (Å²) < 4.78 is 20.0. The standard InChI is InChI=1S/C19H16FN3O3S/c1-3-8-23-18(25)13-6-4-11(9-15(13)22-19(23)27)17(24)21-14-7-5-12(20)10-16(14)26-2/h3-7,9-10H,1,8H2,2H3,(H,21,24)(H,22,27). The van der Waals surface area contributed by atoms with Crippen LogP contribution in [0, 0.1) is 10.6 Å². The number of carbonyl (C=O) groups excluding carboxylic acids is 1. The van der Waals surface area contributed by atoms with E-state index in [1.165, 1.54) is 42.0 Å². The van der Waals surface area contributed by atoms with Gasteiger partial charge in [0.05, 0.1) is 23.7 Å². The fraction of sp³-hybridized carbons (Fsp3) is 0.105. The minimum Gasteiger partial charge on any atom is -0.494 e. The number of rotatable bonds is 5. The molecule has 6 nitrogen and oxygen atoms in total. The van der Waals surface area contributed by atoms with Crippen molar-refractivity contribution in [3.05, 3.63) is 75.6 Å². The van der Waals surface area contributed by atoms with Gasteiger partial charge in [-0.05, 0) is 42.5 Å². The minimum absolute atomic E-state index is 0.204. The first-order valence-electron chi connectivity index (χ1n) is 7.97. The van der Waals surface area contributed by atoms with E-state index >= 15 is 0 Å². The molecule has 27 heavy (non-hydrogen) atoms. The van der Waals surface area contributed by atoms with E-state index in [-0.39, 0.29) is 22.6 Å². The summed E-state index contributed by atoms with van der Waals surface area (Å²) in [4.78, 5) is 28.0. The van der Waals surface area contributed by atoms with Gasteiger partial charge in [-0.3, -0.25) is 14.2 Å². The van der Waals surface area contributed by atoms with Gasteiger partial charge in [0.25, 0.3) is 11.5 Å². The average molecular weight is 385 g/mol. The summed E-state index contributed by atoms with van der Waals surface area (Å²) in [5.41, 5.74) is 0.823. The molecule has 0 bridgehead atoms. The van der Waals surface area contributed by atoms with Crippen LogP contribution in [-0.2, 0) is 6.54 Å². The third-order valence-corrected chi connectivity index (χ3v) is 4.29. The van der Waals surface area contributed by atoms with Crippen molar-refractivity contribution in [3.8, 4) is 5.75 Å². The maximum absolute atomic E-state index is 13.3. The predicted molar refractivity (Wildman–Crippen MR) is 104 cm³/mol. The number of allylic oxidation sites excluding steroid dienone is 1. The summed E-state index contributed by atoms with van der Waals surface area (Å²) in [6.45, 7) is 3.90. The number of hydrogen-bond donors (Lipinski definition) is 2. The second-order valence-electron chi connectivity index (χ2n) is 5.69. The van der Waals surface area contributed by atoms with E-state index in [0.29, 0.717) is 22.2 Å². The zero-order valence-corrected chi connectivity index (χ0v) is 15.2. The molecule has 0 radical (unpaired) electrons. The number of nitrogens with zero attached hydrogens (tertiary/aromatic N) is 1. The monoisotopic (exact) mass is 385 g/mol. The number of methoxy groups -OCH3 is 1. The molecule has 2 aromatic carbocycles. The van der Waals surface area contributed by atoms with Gasteiger partial charge in [-0.15, -0.1) is 6.58 Å². The predicted octanol–water partition coefficient (Wildman–Crippen LogP) is 3.65. The van der Waals surface area contributed by atoms with E-state index in [1.54, 1.807) is 12.1 Å². The molecule has 2 N–H and O–H groups in total. The second-order valence-corrected chi connectivity index (χ2v) is 6.08. The van der Waals surface area contributed by atoms with Crippen molar-refractivity contribution < 1.29 is 13.9 Å². The number of amides is 1. The number of anilines is 1. The van der Waals surface area contributed by atoms with Crippen LogP contribution < -0.4 is 15.6 Å². The highest BCUT2D eigenvalue weighted by molar-refractivity contribution is 7.71. The molecule has 8 heteroatoms. The highest BCUT2D eigenvalue weighted by Gasteiger charge is 2.13. The van der Waals surface area contributed by atoms with Crippen LogP contribution in [0.4, 0.5) is 10.1 Å². The largest absolute Gasteiger partial charge is 0.494 e. The lowest BCUT2D eigenvalue weighted by atomic mass is 10.1. The maximum Gasteiger partial charge on any atom is 0.262 e. The highest BCUT2D eigenvalue weighted by Crippen LogP contribution is 2.25. The number of nitrogens with one attached hydrogen (secondary N) is 2. The van der Waals surface area contributed by atoms with Gasteiger partial charge in [-0.1, -0.05) is 6.08 Å². The molecule has 1 amide bonds. The van der Waals surface area contributed by atoms with Crippen LogP contribution in [0.3, 0.4) is 0 Å². The van der Waals surface area contributed by atoms with E-state index in [4.69, 9.17) is 17.0 Å². The summed E-state index contributed by atoms with van der Waals surface area (Å²) in [5, 5.41) is 3.07. The Morgan fingerprint density at radius 3 is 2.85 bits per heavy atom. The number of halogens is 1. The Kier molecular flexibility index (Phi) is 5.18. The van der Waals surface area contributed by atoms with Crippen LogP contribution in [0.25, 0.3) is 10.9 Å². The molecule has 0 unspecified atom stereocenters. The van der Waals surface area contributed by atoms with Gasteiger partial charge < -0.3 is 15.0 Å². The van der Waals surface area contributed by atoms with Gasteiger partial charge in [-0.25, -0.2) is 4.39 Å². The summed E-state index contributed by atoms with van der Waals surface area (Å²) >= 11 is 5.20. The topological polar surface area (TPSA) is 76.1 Å². The van der Waals surface area contributed by atoms with Crippen molar-refractivity contribution in [2.75, 3.05) is 12.4 Å². The minimum atomic E-state index is -0.473. The van der Waals surface area contributed by atoms with Crippen molar-refractivity contribution >= 4 is 34.7 Å². The molecule has 3 rings (SSSR count). The molecule has 0 aliphatic heterocycles. The van der Waals surface area contributed by atoms with Crippen LogP contribution in [0.15, 0.2) is 53.8 Å². The Hall–Kier alpha value is -3.26. The van der Waals surface area contributed by atoms with E-state index < -0.39 is 11.7 Å². The van der Waals surface area contributed by atoms with Crippen LogP contribution >= 0.6 is 12.2 Å². The first kappa shape index (κ1) is 18.5. The number of fused-ring (bicyclic) bond motifs is 1. The average Bonchev–Trinajstić information content (AvgIpc) is 2.66. The lowest BCUT2D eigenvalue weighted by Crippen LogP contribution is -2.22. The lowest BCUT2D eigenvalue weighted by molar-refractivity contribution is 0.102. The zero-order valence-electron chi connectivity index (χ0n) is 14.4. The Morgan fingerprint density at radius 2 is 2.15 bits per heavy atom. The van der Waals surface area contributed by atoms with Crippen molar-refractivity contribution in [1.82, 2.24) is 9.55 Å². The summed E-state index contributed by atoms with van der Waals surface area (Å²) in [6, 6.07) is 8.43. The number of aromatic amines is 1. The van der Waals surface area contributed by atoms with Gasteiger partial charge in [0.15, 0.2) is 4.77 Å². The number of ether oxygens (including phenoxy) is 1. The fourth-order valence-electron chi connectivity index (χ4n) is 2.65. The summed E-state index contributed by atoms with van der Waals surface area (Å²) in [6.07, 6.45) is 1.58. The van der Waals surface area contributed by atoms with Crippen molar-refractivity contribution in [2.24, 2.45) is 0 Å². The van der Waals surface area contributed by atoms with Gasteiger partial charge >= 0.3 is 0 Å². The number of hydrogen-bond acceptors (Lipinski definition) is 4. The molecule has 0 aliphatic carbocycles. The number of aromatic nitrogens is 2. The summed E-state index contributed by atoms with van der Waals surface area (Å²) in [5.74, 6) is -0.703.